The fourth-order valence-corrected chi connectivity index (χ4v) is 3.96. The minimum Gasteiger partial charge on any atom is -0.378 e. The van der Waals surface area contributed by atoms with Gasteiger partial charge in [0.05, 0.1) is 19.0 Å². The molecule has 2 atom stereocenters. The van der Waals surface area contributed by atoms with Crippen LogP contribution < -0.4 is 5.32 Å². The van der Waals surface area contributed by atoms with Crippen LogP contribution in [0.4, 0.5) is 0 Å². The second-order valence-electron chi connectivity index (χ2n) is 4.35. The summed E-state index contributed by atoms with van der Waals surface area (Å²) in [6.45, 7) is 2.37. The lowest BCUT2D eigenvalue weighted by molar-refractivity contribution is -0.128. The molecule has 0 radical (unpaired) electrons. The maximum atomic E-state index is 12.2. The highest BCUT2D eigenvalue weighted by Gasteiger charge is 2.37. The number of carbonyl (C=O) groups excluding carboxylic acids is 1. The van der Waals surface area contributed by atoms with Gasteiger partial charge in [0.1, 0.15) is 6.04 Å². The Bertz CT molecular complexity index is 387. The van der Waals surface area contributed by atoms with E-state index in [9.17, 15) is 13.2 Å². The standard InChI is InChI=1S/C10H19ClN2O4S/c1-8(5-11)7-18(15,16)13-3-4-17-6-9(13)10(14)12-2/h8-9H,3-7H2,1-2H3,(H,12,14). The minimum atomic E-state index is -3.49. The van der Waals surface area contributed by atoms with Crippen LogP contribution in [0.15, 0.2) is 0 Å². The van der Waals surface area contributed by atoms with E-state index in [4.69, 9.17) is 16.3 Å². The normalized spacial score (nSPS) is 23.6. The van der Waals surface area contributed by atoms with Crippen molar-refractivity contribution in [1.82, 2.24) is 9.62 Å². The van der Waals surface area contributed by atoms with E-state index >= 15 is 0 Å². The quantitative estimate of drug-likeness (QED) is 0.703. The third kappa shape index (κ3) is 3.81. The monoisotopic (exact) mass is 298 g/mol. The van der Waals surface area contributed by atoms with Crippen molar-refractivity contribution in [3.63, 3.8) is 0 Å². The van der Waals surface area contributed by atoms with Crippen LogP contribution in [-0.4, -0.2) is 63.1 Å². The maximum Gasteiger partial charge on any atom is 0.240 e. The molecule has 0 spiro atoms. The van der Waals surface area contributed by atoms with Crippen LogP contribution in [0.25, 0.3) is 0 Å². The van der Waals surface area contributed by atoms with Crippen LogP contribution in [0.3, 0.4) is 0 Å². The number of nitrogens with one attached hydrogen (secondary N) is 1. The van der Waals surface area contributed by atoms with Crippen LogP contribution in [0.1, 0.15) is 6.92 Å². The van der Waals surface area contributed by atoms with Gasteiger partial charge >= 0.3 is 0 Å². The Kier molecular flexibility index (Phi) is 5.84. The smallest absolute Gasteiger partial charge is 0.240 e. The van der Waals surface area contributed by atoms with Crippen molar-refractivity contribution in [1.29, 1.82) is 0 Å². The fraction of sp³-hybridized carbons (Fsp3) is 0.900. The van der Waals surface area contributed by atoms with Crippen LogP contribution in [0.5, 0.6) is 0 Å². The largest absolute Gasteiger partial charge is 0.378 e. The van der Waals surface area contributed by atoms with Gasteiger partial charge in [-0.15, -0.1) is 11.6 Å². The number of halogens is 1. The van der Waals surface area contributed by atoms with Crippen molar-refractivity contribution >= 4 is 27.5 Å². The van der Waals surface area contributed by atoms with Crippen molar-refractivity contribution in [3.05, 3.63) is 0 Å². The lowest BCUT2D eigenvalue weighted by atomic mass is 10.2. The summed E-state index contributed by atoms with van der Waals surface area (Å²) < 4.78 is 30.8. The summed E-state index contributed by atoms with van der Waals surface area (Å²) in [7, 11) is -2.02. The predicted molar refractivity (Wildman–Crippen MR) is 69.1 cm³/mol. The molecule has 0 aromatic carbocycles. The van der Waals surface area contributed by atoms with Crippen LogP contribution in [0, 0.1) is 5.92 Å². The van der Waals surface area contributed by atoms with Crippen LogP contribution >= 0.6 is 11.6 Å². The molecule has 1 heterocycles. The number of carbonyl (C=O) groups is 1. The second kappa shape index (κ2) is 6.70. The number of nitrogens with zero attached hydrogens (tertiary/aromatic N) is 1. The Morgan fingerprint density at radius 2 is 2.28 bits per heavy atom. The summed E-state index contributed by atoms with van der Waals surface area (Å²) in [6, 6.07) is -0.781. The molecule has 18 heavy (non-hydrogen) atoms. The number of amides is 1. The number of alkyl halides is 1. The van der Waals surface area contributed by atoms with E-state index in [0.29, 0.717) is 6.61 Å². The highest BCUT2D eigenvalue weighted by atomic mass is 35.5. The van der Waals surface area contributed by atoms with Gasteiger partial charge in [-0.25, -0.2) is 8.42 Å². The summed E-state index contributed by atoms with van der Waals surface area (Å²) in [5.41, 5.74) is 0. The molecule has 0 saturated carbocycles. The zero-order valence-corrected chi connectivity index (χ0v) is 12.1. The van der Waals surface area contributed by atoms with Gasteiger partial charge in [0, 0.05) is 19.5 Å². The Labute approximate surface area is 113 Å². The van der Waals surface area contributed by atoms with Crippen molar-refractivity contribution in [2.24, 2.45) is 5.92 Å². The maximum absolute atomic E-state index is 12.2. The van der Waals surface area contributed by atoms with E-state index in [1.807, 2.05) is 0 Å². The molecular weight excluding hydrogens is 280 g/mol. The van der Waals surface area contributed by atoms with E-state index in [-0.39, 0.29) is 36.6 Å². The summed E-state index contributed by atoms with van der Waals surface area (Å²) >= 11 is 5.64. The number of ether oxygens (including phenoxy) is 1. The van der Waals surface area contributed by atoms with Crippen LogP contribution in [0.2, 0.25) is 0 Å². The molecule has 0 aromatic heterocycles. The van der Waals surface area contributed by atoms with Gasteiger partial charge < -0.3 is 10.1 Å². The molecule has 1 aliphatic rings. The molecule has 1 rings (SSSR count). The number of sulfonamides is 1. The van der Waals surface area contributed by atoms with Gasteiger partial charge in [0.15, 0.2) is 0 Å². The number of likely N-dealkylation sites (N-methyl/N-ethyl adjacent to an activating group) is 1. The van der Waals surface area contributed by atoms with Crippen LogP contribution in [-0.2, 0) is 19.6 Å². The first kappa shape index (κ1) is 15.7. The molecular formula is C10H19ClN2O4S. The molecule has 0 aliphatic carbocycles. The number of hydrogen-bond donors (Lipinski definition) is 1. The van der Waals surface area contributed by atoms with Crippen molar-refractivity contribution in [2.75, 3.05) is 38.4 Å². The Hall–Kier alpha value is -0.370. The lowest BCUT2D eigenvalue weighted by Crippen LogP contribution is -2.56. The zero-order chi connectivity index (χ0) is 13.8. The van der Waals surface area contributed by atoms with Gasteiger partial charge in [-0.05, 0) is 5.92 Å². The summed E-state index contributed by atoms with van der Waals surface area (Å²) in [6.07, 6.45) is 0. The van der Waals surface area contributed by atoms with Gasteiger partial charge in [0.25, 0.3) is 0 Å². The molecule has 0 bridgehead atoms. The molecule has 1 saturated heterocycles. The van der Waals surface area contributed by atoms with Gasteiger partial charge in [-0.1, -0.05) is 6.92 Å². The number of hydrogen-bond acceptors (Lipinski definition) is 4. The molecule has 8 heteroatoms. The highest BCUT2D eigenvalue weighted by molar-refractivity contribution is 7.89. The first-order valence-electron chi connectivity index (χ1n) is 5.77. The number of rotatable bonds is 5. The molecule has 1 amide bonds. The molecule has 6 nitrogen and oxygen atoms in total. The lowest BCUT2D eigenvalue weighted by Gasteiger charge is -2.33. The molecule has 2 unspecified atom stereocenters. The topological polar surface area (TPSA) is 75.7 Å². The second-order valence-corrected chi connectivity index (χ2v) is 6.63. The molecule has 1 N–H and O–H groups in total. The summed E-state index contributed by atoms with van der Waals surface area (Å²) in [5, 5.41) is 2.45. The minimum absolute atomic E-state index is 0.0516. The first-order chi connectivity index (χ1) is 8.42. The van der Waals surface area contributed by atoms with E-state index in [1.165, 1.54) is 11.4 Å². The van der Waals surface area contributed by atoms with E-state index in [0.717, 1.165) is 0 Å². The molecule has 0 aromatic rings. The summed E-state index contributed by atoms with van der Waals surface area (Å²) in [4.78, 5) is 11.7. The first-order valence-corrected chi connectivity index (χ1v) is 7.91. The molecule has 1 fully saturated rings. The van der Waals surface area contributed by atoms with Gasteiger partial charge in [-0.3, -0.25) is 4.79 Å². The Balaban J connectivity index is 2.85. The SMILES string of the molecule is CNC(=O)C1COCCN1S(=O)(=O)CC(C)CCl. The van der Waals surface area contributed by atoms with Gasteiger partial charge in [-0.2, -0.15) is 4.31 Å². The third-order valence-electron chi connectivity index (χ3n) is 2.74. The van der Waals surface area contributed by atoms with Gasteiger partial charge in [0.2, 0.25) is 15.9 Å². The Morgan fingerprint density at radius 1 is 1.61 bits per heavy atom. The van der Waals surface area contributed by atoms with Crippen molar-refractivity contribution < 1.29 is 17.9 Å². The number of morpholine rings is 1. The fourth-order valence-electron chi connectivity index (χ4n) is 1.79. The van der Waals surface area contributed by atoms with Crippen molar-refractivity contribution in [2.45, 2.75) is 13.0 Å². The van der Waals surface area contributed by atoms with E-state index < -0.39 is 16.1 Å². The highest BCUT2D eigenvalue weighted by Crippen LogP contribution is 2.16. The van der Waals surface area contributed by atoms with E-state index in [1.54, 1.807) is 6.92 Å². The zero-order valence-electron chi connectivity index (χ0n) is 10.6. The molecule has 106 valence electrons. The van der Waals surface area contributed by atoms with Crippen molar-refractivity contribution in [3.8, 4) is 0 Å². The average Bonchev–Trinajstić information content (AvgIpc) is 2.37. The molecule has 1 aliphatic heterocycles. The van der Waals surface area contributed by atoms with E-state index in [2.05, 4.69) is 5.32 Å². The average molecular weight is 299 g/mol. The predicted octanol–water partition coefficient (Wildman–Crippen LogP) is -0.362. The Morgan fingerprint density at radius 3 is 2.83 bits per heavy atom. The summed E-state index contributed by atoms with van der Waals surface area (Å²) in [5.74, 6) is -0.278. The third-order valence-corrected chi connectivity index (χ3v) is 5.41.